The first-order valence-electron chi connectivity index (χ1n) is 10.0. The van der Waals surface area contributed by atoms with Gasteiger partial charge in [0.2, 0.25) is 5.91 Å². The normalized spacial score (nSPS) is 18.1. The first kappa shape index (κ1) is 19.5. The van der Waals surface area contributed by atoms with Gasteiger partial charge in [-0.25, -0.2) is 4.68 Å². The van der Waals surface area contributed by atoms with Gasteiger partial charge in [0.25, 0.3) is 5.91 Å². The monoisotopic (exact) mass is 398 g/mol. The number of benzene rings is 1. The molecule has 0 spiro atoms. The number of amides is 2. The van der Waals surface area contributed by atoms with Crippen LogP contribution in [0.1, 0.15) is 16.1 Å². The predicted molar refractivity (Wildman–Crippen MR) is 105 cm³/mol. The van der Waals surface area contributed by atoms with E-state index in [2.05, 4.69) is 15.2 Å². The Morgan fingerprint density at radius 2 is 1.62 bits per heavy atom. The average Bonchev–Trinajstić information content (AvgIpc) is 3.23. The topological polar surface area (TPSA) is 83.8 Å². The van der Waals surface area contributed by atoms with Crippen molar-refractivity contribution in [1.82, 2.24) is 29.7 Å². The van der Waals surface area contributed by atoms with E-state index in [1.54, 1.807) is 15.8 Å². The van der Waals surface area contributed by atoms with E-state index in [4.69, 9.17) is 4.74 Å². The van der Waals surface area contributed by atoms with Gasteiger partial charge in [0.1, 0.15) is 0 Å². The van der Waals surface area contributed by atoms with Crippen LogP contribution in [-0.2, 0) is 16.1 Å². The van der Waals surface area contributed by atoms with Gasteiger partial charge < -0.3 is 14.5 Å². The average molecular weight is 398 g/mol. The Balaban J connectivity index is 1.27. The van der Waals surface area contributed by atoms with Gasteiger partial charge in [-0.05, 0) is 5.56 Å². The third-order valence-corrected chi connectivity index (χ3v) is 5.33. The quantitative estimate of drug-likeness (QED) is 0.702. The molecular weight excluding hydrogens is 372 g/mol. The van der Waals surface area contributed by atoms with Crippen LogP contribution in [0.15, 0.2) is 36.5 Å². The molecule has 2 fully saturated rings. The standard InChI is InChI=1S/C20H26N6O3/c27-19(16-23-10-12-29-13-11-23)24-6-8-25(9-7-24)20(28)18-15-26(22-21-18)14-17-4-2-1-3-5-17/h1-5,15H,6-14,16H2. The minimum absolute atomic E-state index is 0.118. The molecule has 0 unspecified atom stereocenters. The zero-order chi connectivity index (χ0) is 20.1. The van der Waals surface area contributed by atoms with Crippen molar-refractivity contribution in [3.8, 4) is 0 Å². The van der Waals surface area contributed by atoms with Crippen molar-refractivity contribution in [2.75, 3.05) is 59.0 Å². The van der Waals surface area contributed by atoms with E-state index in [0.29, 0.717) is 58.2 Å². The highest BCUT2D eigenvalue weighted by Crippen LogP contribution is 2.09. The molecule has 2 aliphatic heterocycles. The molecule has 0 atom stereocenters. The van der Waals surface area contributed by atoms with E-state index < -0.39 is 0 Å². The highest BCUT2D eigenvalue weighted by molar-refractivity contribution is 5.92. The number of ether oxygens (including phenoxy) is 1. The lowest BCUT2D eigenvalue weighted by atomic mass is 10.2. The molecule has 0 radical (unpaired) electrons. The predicted octanol–water partition coefficient (Wildman–Crippen LogP) is -0.0570. The van der Waals surface area contributed by atoms with Crippen LogP contribution in [-0.4, -0.2) is 101 Å². The van der Waals surface area contributed by atoms with Crippen LogP contribution in [0.25, 0.3) is 0 Å². The maximum Gasteiger partial charge on any atom is 0.276 e. The van der Waals surface area contributed by atoms with Crippen LogP contribution in [0.4, 0.5) is 0 Å². The van der Waals surface area contributed by atoms with Crippen LogP contribution in [0.2, 0.25) is 0 Å². The van der Waals surface area contributed by atoms with Gasteiger partial charge in [0.05, 0.1) is 32.5 Å². The summed E-state index contributed by atoms with van der Waals surface area (Å²) >= 11 is 0. The van der Waals surface area contributed by atoms with E-state index in [1.165, 1.54) is 0 Å². The Hall–Kier alpha value is -2.78. The molecule has 0 bridgehead atoms. The summed E-state index contributed by atoms with van der Waals surface area (Å²) in [5.74, 6) is -0.0163. The number of piperazine rings is 1. The minimum Gasteiger partial charge on any atom is -0.379 e. The zero-order valence-corrected chi connectivity index (χ0v) is 16.4. The van der Waals surface area contributed by atoms with Crippen LogP contribution in [0, 0.1) is 0 Å². The van der Waals surface area contributed by atoms with Gasteiger partial charge in [0, 0.05) is 39.3 Å². The molecule has 3 heterocycles. The third kappa shape index (κ3) is 4.99. The lowest BCUT2D eigenvalue weighted by Crippen LogP contribution is -2.53. The number of carbonyl (C=O) groups is 2. The SMILES string of the molecule is O=C(CN1CCOCC1)N1CCN(C(=O)c2cn(Cc3ccccc3)nn2)CC1. The summed E-state index contributed by atoms with van der Waals surface area (Å²) in [6, 6.07) is 9.92. The Bertz CT molecular complexity index is 826. The molecule has 0 N–H and O–H groups in total. The van der Waals surface area contributed by atoms with Crippen molar-refractivity contribution in [1.29, 1.82) is 0 Å². The molecule has 1 aromatic carbocycles. The fraction of sp³-hybridized carbons (Fsp3) is 0.500. The third-order valence-electron chi connectivity index (χ3n) is 5.33. The molecular formula is C20H26N6O3. The van der Waals surface area contributed by atoms with Crippen LogP contribution >= 0.6 is 0 Å². The largest absolute Gasteiger partial charge is 0.379 e. The van der Waals surface area contributed by atoms with Gasteiger partial charge in [-0.3, -0.25) is 14.5 Å². The summed E-state index contributed by atoms with van der Waals surface area (Å²) in [6.45, 7) is 6.07. The number of carbonyl (C=O) groups excluding carboxylic acids is 2. The van der Waals surface area contributed by atoms with Crippen molar-refractivity contribution in [3.63, 3.8) is 0 Å². The maximum absolute atomic E-state index is 12.7. The zero-order valence-electron chi connectivity index (χ0n) is 16.4. The molecule has 2 aliphatic rings. The van der Waals surface area contributed by atoms with Crippen molar-refractivity contribution < 1.29 is 14.3 Å². The van der Waals surface area contributed by atoms with Gasteiger partial charge >= 0.3 is 0 Å². The molecule has 9 nitrogen and oxygen atoms in total. The molecule has 4 rings (SSSR count). The van der Waals surface area contributed by atoms with E-state index in [-0.39, 0.29) is 11.8 Å². The first-order valence-corrected chi connectivity index (χ1v) is 10.0. The van der Waals surface area contributed by atoms with Gasteiger partial charge in [-0.15, -0.1) is 5.10 Å². The minimum atomic E-state index is -0.135. The second-order valence-corrected chi connectivity index (χ2v) is 7.35. The summed E-state index contributed by atoms with van der Waals surface area (Å²) in [7, 11) is 0. The van der Waals surface area contributed by atoms with Gasteiger partial charge in [-0.2, -0.15) is 0 Å². The smallest absolute Gasteiger partial charge is 0.276 e. The van der Waals surface area contributed by atoms with Crippen molar-refractivity contribution >= 4 is 11.8 Å². The molecule has 154 valence electrons. The van der Waals surface area contributed by atoms with Gasteiger partial charge in [-0.1, -0.05) is 35.5 Å². The second-order valence-electron chi connectivity index (χ2n) is 7.35. The Labute approximate surface area is 169 Å². The number of morpholine rings is 1. The van der Waals surface area contributed by atoms with Gasteiger partial charge in [0.15, 0.2) is 5.69 Å². The lowest BCUT2D eigenvalue weighted by molar-refractivity contribution is -0.134. The molecule has 29 heavy (non-hydrogen) atoms. The number of nitrogens with zero attached hydrogens (tertiary/aromatic N) is 6. The highest BCUT2D eigenvalue weighted by Gasteiger charge is 2.27. The molecule has 2 aromatic rings. The van der Waals surface area contributed by atoms with E-state index in [1.807, 2.05) is 35.2 Å². The van der Waals surface area contributed by atoms with Crippen LogP contribution < -0.4 is 0 Å². The number of aromatic nitrogens is 3. The molecule has 9 heteroatoms. The summed E-state index contributed by atoms with van der Waals surface area (Å²) in [5, 5.41) is 8.12. The fourth-order valence-electron chi connectivity index (χ4n) is 3.62. The lowest BCUT2D eigenvalue weighted by Gasteiger charge is -2.36. The molecule has 2 amide bonds. The Kier molecular flexibility index (Phi) is 6.16. The molecule has 0 saturated carbocycles. The van der Waals surface area contributed by atoms with Crippen molar-refractivity contribution in [2.24, 2.45) is 0 Å². The number of rotatable bonds is 5. The second kappa shape index (κ2) is 9.15. The van der Waals surface area contributed by atoms with Crippen LogP contribution in [0.5, 0.6) is 0 Å². The molecule has 2 saturated heterocycles. The summed E-state index contributed by atoms with van der Waals surface area (Å²) in [5.41, 5.74) is 1.44. The van der Waals surface area contributed by atoms with E-state index >= 15 is 0 Å². The van der Waals surface area contributed by atoms with Crippen molar-refractivity contribution in [3.05, 3.63) is 47.8 Å². The van der Waals surface area contributed by atoms with E-state index in [0.717, 1.165) is 18.7 Å². The number of hydrogen-bond donors (Lipinski definition) is 0. The molecule has 0 aliphatic carbocycles. The Morgan fingerprint density at radius 3 is 2.34 bits per heavy atom. The van der Waals surface area contributed by atoms with Crippen LogP contribution in [0.3, 0.4) is 0 Å². The Morgan fingerprint density at radius 1 is 0.931 bits per heavy atom. The summed E-state index contributed by atoms with van der Waals surface area (Å²) < 4.78 is 6.99. The molecule has 1 aromatic heterocycles. The maximum atomic E-state index is 12.7. The van der Waals surface area contributed by atoms with E-state index in [9.17, 15) is 9.59 Å². The first-order chi connectivity index (χ1) is 14.2. The fourth-order valence-corrected chi connectivity index (χ4v) is 3.62. The number of hydrogen-bond acceptors (Lipinski definition) is 6. The summed E-state index contributed by atoms with van der Waals surface area (Å²) in [4.78, 5) is 31.0. The van der Waals surface area contributed by atoms with Crippen molar-refractivity contribution in [2.45, 2.75) is 6.54 Å². The summed E-state index contributed by atoms with van der Waals surface area (Å²) in [6.07, 6.45) is 1.69. The highest BCUT2D eigenvalue weighted by atomic mass is 16.5.